The van der Waals surface area contributed by atoms with E-state index in [0.717, 1.165) is 44.5 Å². The molecular weight excluding hydrogens is 753 g/mol. The first kappa shape index (κ1) is 42.8. The van der Waals surface area contributed by atoms with E-state index in [1.807, 2.05) is 170 Å². The van der Waals surface area contributed by atoms with Crippen molar-refractivity contribution in [3.8, 4) is 44.5 Å². The van der Waals surface area contributed by atoms with Gasteiger partial charge in [0, 0.05) is 0 Å². The van der Waals surface area contributed by atoms with E-state index in [2.05, 4.69) is 0 Å². The van der Waals surface area contributed by atoms with Gasteiger partial charge in [0.1, 0.15) is 0 Å². The van der Waals surface area contributed by atoms with E-state index >= 15 is 0 Å². The Morgan fingerprint density at radius 1 is 0.217 bits per heavy atom. The average Bonchev–Trinajstić information content (AvgIpc) is 3.30. The van der Waals surface area contributed by atoms with Crippen molar-refractivity contribution in [2.75, 3.05) is 0 Å². The van der Waals surface area contributed by atoms with Crippen LogP contribution in [-0.2, 0) is 0 Å². The number of rotatable bonds is 8. The molecule has 0 radical (unpaired) electrons. The highest BCUT2D eigenvalue weighted by atomic mass is 16.4. The Labute approximate surface area is 347 Å². The molecule has 0 aliphatic heterocycles. The lowest BCUT2D eigenvalue weighted by molar-refractivity contribution is 0.0687. The fraction of sp³-hybridized carbons (Fsp3) is 0. The van der Waals surface area contributed by atoms with E-state index in [9.17, 15) is 19.2 Å². The number of hydrogen-bond donors (Lipinski definition) is 4. The topological polar surface area (TPSA) is 149 Å². The van der Waals surface area contributed by atoms with Crippen molar-refractivity contribution in [3.05, 3.63) is 241 Å². The van der Waals surface area contributed by atoms with Crippen LogP contribution in [0.3, 0.4) is 0 Å². The molecule has 8 aromatic rings. The highest BCUT2D eigenvalue weighted by molar-refractivity contribution is 5.98. The average molecular weight is 793 g/mol. The smallest absolute Gasteiger partial charge is 0.336 e. The molecule has 8 heteroatoms. The van der Waals surface area contributed by atoms with Gasteiger partial charge < -0.3 is 20.4 Å². The zero-order valence-electron chi connectivity index (χ0n) is 32.2. The fourth-order valence-electron chi connectivity index (χ4n) is 6.16. The largest absolute Gasteiger partial charge is 0.478 e. The van der Waals surface area contributed by atoms with Gasteiger partial charge in [0.05, 0.1) is 22.3 Å². The molecule has 0 unspecified atom stereocenters. The van der Waals surface area contributed by atoms with Crippen molar-refractivity contribution in [3.63, 3.8) is 0 Å². The standard InChI is InChI=1S/4C13H10O2/c4*14-13(15)12-9-5-4-8-11(12)10-6-2-1-3-7-10/h4*1-9H,(H,14,15). The Hall–Kier alpha value is -8.36. The van der Waals surface area contributed by atoms with E-state index in [4.69, 9.17) is 20.4 Å². The third kappa shape index (κ3) is 11.8. The van der Waals surface area contributed by atoms with E-state index in [1.54, 1.807) is 48.5 Å². The lowest BCUT2D eigenvalue weighted by atomic mass is 10.00. The SMILES string of the molecule is O=C(O)c1ccccc1-c1ccccc1.O=C(O)c1ccccc1-c1ccccc1.O=C(O)c1ccccc1-c1ccccc1.O=C(O)c1ccccc1-c1ccccc1. The van der Waals surface area contributed by atoms with Crippen molar-refractivity contribution >= 4 is 23.9 Å². The van der Waals surface area contributed by atoms with E-state index in [-0.39, 0.29) is 0 Å². The highest BCUT2D eigenvalue weighted by Gasteiger charge is 2.12. The highest BCUT2D eigenvalue weighted by Crippen LogP contribution is 2.26. The number of aromatic carboxylic acids is 4. The Kier molecular flexibility index (Phi) is 15.5. The second kappa shape index (κ2) is 21.8. The normalized spacial score (nSPS) is 9.87. The third-order valence-corrected chi connectivity index (χ3v) is 8.97. The minimum atomic E-state index is -0.894. The molecule has 60 heavy (non-hydrogen) atoms. The zero-order chi connectivity index (χ0) is 42.7. The van der Waals surface area contributed by atoms with Gasteiger partial charge >= 0.3 is 23.9 Å². The second-order valence-electron chi connectivity index (χ2n) is 12.9. The van der Waals surface area contributed by atoms with Crippen molar-refractivity contribution < 1.29 is 39.6 Å². The van der Waals surface area contributed by atoms with Crippen LogP contribution in [-0.4, -0.2) is 44.3 Å². The molecule has 0 bridgehead atoms. The lowest BCUT2D eigenvalue weighted by Gasteiger charge is -2.05. The molecule has 8 aromatic carbocycles. The summed E-state index contributed by atoms with van der Waals surface area (Å²) in [5.74, 6) is -3.58. The Morgan fingerprint density at radius 2 is 0.367 bits per heavy atom. The lowest BCUT2D eigenvalue weighted by Crippen LogP contribution is -1.98. The van der Waals surface area contributed by atoms with E-state index in [0.29, 0.717) is 22.3 Å². The Bertz CT molecular complexity index is 2270. The summed E-state index contributed by atoms with van der Waals surface area (Å²) < 4.78 is 0. The summed E-state index contributed by atoms with van der Waals surface area (Å²) in [4.78, 5) is 44.0. The minimum absolute atomic E-state index is 0.337. The quantitative estimate of drug-likeness (QED) is 0.119. The van der Waals surface area contributed by atoms with Crippen LogP contribution >= 0.6 is 0 Å². The van der Waals surface area contributed by atoms with Gasteiger partial charge in [0.2, 0.25) is 0 Å². The number of carboxylic acid groups (broad SMARTS) is 4. The van der Waals surface area contributed by atoms with Crippen LogP contribution in [0.5, 0.6) is 0 Å². The summed E-state index contributed by atoms with van der Waals surface area (Å²) in [5.41, 5.74) is 8.07. The minimum Gasteiger partial charge on any atom is -0.478 e. The summed E-state index contributed by atoms with van der Waals surface area (Å²) in [7, 11) is 0. The van der Waals surface area contributed by atoms with Crippen molar-refractivity contribution in [2.24, 2.45) is 0 Å². The van der Waals surface area contributed by atoms with Gasteiger partial charge in [-0.25, -0.2) is 19.2 Å². The van der Waals surface area contributed by atoms with Crippen molar-refractivity contribution in [1.29, 1.82) is 0 Å². The summed E-state index contributed by atoms with van der Waals surface area (Å²) >= 11 is 0. The number of carbonyl (C=O) groups is 4. The predicted octanol–water partition coefficient (Wildman–Crippen LogP) is 12.2. The second-order valence-corrected chi connectivity index (χ2v) is 12.9. The molecule has 0 fully saturated rings. The zero-order valence-corrected chi connectivity index (χ0v) is 32.2. The Balaban J connectivity index is 0.000000152. The van der Waals surface area contributed by atoms with Crippen LogP contribution in [0, 0.1) is 0 Å². The summed E-state index contributed by atoms with van der Waals surface area (Å²) in [6, 6.07) is 66.1. The molecule has 0 saturated carbocycles. The summed E-state index contributed by atoms with van der Waals surface area (Å²) in [6.45, 7) is 0. The molecule has 8 nitrogen and oxygen atoms in total. The molecule has 4 N–H and O–H groups in total. The molecule has 0 aliphatic carbocycles. The third-order valence-electron chi connectivity index (χ3n) is 8.97. The van der Waals surface area contributed by atoms with Gasteiger partial charge in [-0.1, -0.05) is 194 Å². The molecule has 8 rings (SSSR count). The van der Waals surface area contributed by atoms with Crippen LogP contribution < -0.4 is 0 Å². The van der Waals surface area contributed by atoms with Gasteiger partial charge in [0.15, 0.2) is 0 Å². The maximum absolute atomic E-state index is 11.0. The molecule has 0 heterocycles. The first-order valence-electron chi connectivity index (χ1n) is 18.7. The van der Waals surface area contributed by atoms with E-state index in [1.165, 1.54) is 0 Å². The summed E-state index contributed by atoms with van der Waals surface area (Å²) in [5, 5.41) is 36.1. The van der Waals surface area contributed by atoms with Crippen LogP contribution in [0.1, 0.15) is 41.4 Å². The fourth-order valence-corrected chi connectivity index (χ4v) is 6.16. The van der Waals surface area contributed by atoms with Crippen molar-refractivity contribution in [1.82, 2.24) is 0 Å². The number of carboxylic acids is 4. The van der Waals surface area contributed by atoms with Gasteiger partial charge in [-0.15, -0.1) is 0 Å². The molecule has 0 aromatic heterocycles. The maximum atomic E-state index is 11.0. The maximum Gasteiger partial charge on any atom is 0.336 e. The van der Waals surface area contributed by atoms with Crippen LogP contribution in [0.15, 0.2) is 218 Å². The molecule has 0 spiro atoms. The summed E-state index contributed by atoms with van der Waals surface area (Å²) in [6.07, 6.45) is 0. The number of hydrogen-bond acceptors (Lipinski definition) is 4. The van der Waals surface area contributed by atoms with Crippen LogP contribution in [0.2, 0.25) is 0 Å². The van der Waals surface area contributed by atoms with Gasteiger partial charge in [-0.05, 0) is 68.8 Å². The molecule has 0 atom stereocenters. The van der Waals surface area contributed by atoms with Gasteiger partial charge in [-0.2, -0.15) is 0 Å². The molecule has 0 aliphatic rings. The molecular formula is C52H40O8. The molecule has 0 saturated heterocycles. The van der Waals surface area contributed by atoms with E-state index < -0.39 is 23.9 Å². The van der Waals surface area contributed by atoms with Gasteiger partial charge in [0.25, 0.3) is 0 Å². The van der Waals surface area contributed by atoms with Gasteiger partial charge in [-0.3, -0.25) is 0 Å². The first-order valence-corrected chi connectivity index (χ1v) is 18.7. The first-order chi connectivity index (χ1) is 29.2. The number of benzene rings is 8. The van der Waals surface area contributed by atoms with Crippen LogP contribution in [0.4, 0.5) is 0 Å². The van der Waals surface area contributed by atoms with Crippen LogP contribution in [0.25, 0.3) is 44.5 Å². The molecule has 0 amide bonds. The molecule has 296 valence electrons. The van der Waals surface area contributed by atoms with Crippen molar-refractivity contribution in [2.45, 2.75) is 0 Å². The predicted molar refractivity (Wildman–Crippen MR) is 235 cm³/mol. The monoisotopic (exact) mass is 792 g/mol. The Morgan fingerprint density at radius 3 is 0.533 bits per heavy atom.